The topological polar surface area (TPSA) is 134 Å². The zero-order valence-electron chi connectivity index (χ0n) is 15.7. The number of rotatable bonds is 6. The highest BCUT2D eigenvalue weighted by Gasteiger charge is 2.34. The van der Waals surface area contributed by atoms with E-state index >= 15 is 0 Å². The smallest absolute Gasteiger partial charge is 0.429 e. The summed E-state index contributed by atoms with van der Waals surface area (Å²) in [5.41, 5.74) is 2.52. The molecule has 2 amide bonds. The predicted octanol–water partition coefficient (Wildman–Crippen LogP) is 1.36. The third kappa shape index (κ3) is 6.40. The second-order valence-electron chi connectivity index (χ2n) is 5.63. The Morgan fingerprint density at radius 3 is 2.11 bits per heavy atom. The first-order valence-corrected chi connectivity index (χ1v) is 8.15. The monoisotopic (exact) mass is 394 g/mol. The number of para-hydroxylation sites is 1. The number of aryl methyl sites for hydroxylation is 2. The van der Waals surface area contributed by atoms with Crippen molar-refractivity contribution in [2.24, 2.45) is 0 Å². The summed E-state index contributed by atoms with van der Waals surface area (Å²) in [5.74, 6) is -2.82. The van der Waals surface area contributed by atoms with Gasteiger partial charge in [-0.2, -0.15) is 0 Å². The second-order valence-corrected chi connectivity index (χ2v) is 5.63. The summed E-state index contributed by atoms with van der Waals surface area (Å²) in [7, 11) is 1.45. The van der Waals surface area contributed by atoms with Crippen LogP contribution in [0.1, 0.15) is 11.1 Å². The van der Waals surface area contributed by atoms with E-state index in [0.717, 1.165) is 11.1 Å². The summed E-state index contributed by atoms with van der Waals surface area (Å²) >= 11 is 0. The van der Waals surface area contributed by atoms with Crippen LogP contribution in [0.4, 0.5) is 10.5 Å². The summed E-state index contributed by atoms with van der Waals surface area (Å²) in [6.45, 7) is 4.33. The van der Waals surface area contributed by atoms with Crippen LogP contribution in [0, 0.1) is 13.8 Å². The fraction of sp³-hybridized carbons (Fsp3) is 0.333. The number of amides is 2. The molecule has 2 rings (SSSR count). The van der Waals surface area contributed by atoms with E-state index in [9.17, 15) is 19.2 Å². The van der Waals surface area contributed by atoms with Gasteiger partial charge in [0.05, 0.1) is 12.2 Å². The molecule has 0 spiro atoms. The van der Waals surface area contributed by atoms with Crippen molar-refractivity contribution < 1.29 is 38.9 Å². The number of nitrogens with zero attached hydrogens (tertiary/aromatic N) is 2. The van der Waals surface area contributed by atoms with E-state index in [1.54, 1.807) is 0 Å². The van der Waals surface area contributed by atoms with E-state index in [0.29, 0.717) is 24.4 Å². The molecule has 1 aromatic rings. The summed E-state index contributed by atoms with van der Waals surface area (Å²) < 4.78 is 9.84. The molecule has 0 bridgehead atoms. The number of aliphatic carboxylic acids is 2. The number of hydrogen-bond acceptors (Lipinski definition) is 6. The molecule has 1 fully saturated rings. The zero-order valence-corrected chi connectivity index (χ0v) is 15.7. The van der Waals surface area contributed by atoms with E-state index < -0.39 is 18.0 Å². The van der Waals surface area contributed by atoms with Crippen LogP contribution < -0.4 is 5.01 Å². The second kappa shape index (κ2) is 10.7. The molecule has 0 atom stereocenters. The molecule has 10 heteroatoms. The van der Waals surface area contributed by atoms with E-state index in [1.165, 1.54) is 17.1 Å². The molecule has 0 aromatic heterocycles. The van der Waals surface area contributed by atoms with Gasteiger partial charge in [-0.05, 0) is 25.0 Å². The lowest BCUT2D eigenvalue weighted by Gasteiger charge is -2.31. The van der Waals surface area contributed by atoms with Gasteiger partial charge >= 0.3 is 18.0 Å². The Balaban J connectivity index is 0.000000416. The molecule has 0 radical (unpaired) electrons. The predicted molar refractivity (Wildman–Crippen MR) is 97.7 cm³/mol. The van der Waals surface area contributed by atoms with Gasteiger partial charge in [0.25, 0.3) is 5.91 Å². The fourth-order valence-corrected chi connectivity index (χ4v) is 2.41. The average Bonchev–Trinajstić information content (AvgIpc) is 3.03. The Hall–Kier alpha value is -3.40. The van der Waals surface area contributed by atoms with Crippen molar-refractivity contribution in [3.63, 3.8) is 0 Å². The van der Waals surface area contributed by atoms with Crippen molar-refractivity contribution in [1.29, 1.82) is 0 Å². The normalized spacial score (nSPS) is 13.0. The number of carbonyl (C=O) groups is 4. The molecule has 152 valence electrons. The molecule has 1 aliphatic heterocycles. The first-order chi connectivity index (χ1) is 13.2. The molecule has 0 unspecified atom stereocenters. The SMILES string of the molecule is COCC(=O)N(c1c(C)cccc1C)N1CCOC1=O.O=C(O)/C=C/C(=O)O. The van der Waals surface area contributed by atoms with Crippen LogP contribution in [0.2, 0.25) is 0 Å². The van der Waals surface area contributed by atoms with Crippen LogP contribution in [0.15, 0.2) is 30.4 Å². The number of ether oxygens (including phenoxy) is 2. The number of carbonyl (C=O) groups excluding carboxylic acids is 2. The highest BCUT2D eigenvalue weighted by Crippen LogP contribution is 2.27. The Bertz CT molecular complexity index is 739. The standard InChI is InChI=1S/C14H18N2O4.C4H4O4/c1-10-5-4-6-11(2)13(10)16(12(17)9-19-3)15-7-8-20-14(15)18;5-3(6)1-2-4(7)8/h4-6H,7-9H2,1-3H3;1-2H,(H,5,6)(H,7,8)/b;2-1+. The summed E-state index contributed by atoms with van der Waals surface area (Å²) in [6.07, 6.45) is 0.599. The van der Waals surface area contributed by atoms with Crippen LogP contribution in [0.25, 0.3) is 0 Å². The molecule has 1 aromatic carbocycles. The van der Waals surface area contributed by atoms with E-state index in [2.05, 4.69) is 0 Å². The van der Waals surface area contributed by atoms with E-state index in [1.807, 2.05) is 32.0 Å². The Morgan fingerprint density at radius 1 is 1.18 bits per heavy atom. The maximum absolute atomic E-state index is 12.3. The quantitative estimate of drug-likeness (QED) is 0.691. The molecular formula is C18H22N2O8. The minimum atomic E-state index is -1.26. The maximum Gasteiger partial charge on any atom is 0.429 e. The van der Waals surface area contributed by atoms with Crippen molar-refractivity contribution in [2.75, 3.05) is 31.9 Å². The number of carboxylic acid groups (broad SMARTS) is 2. The minimum absolute atomic E-state index is 0.0996. The summed E-state index contributed by atoms with van der Waals surface area (Å²) in [5, 5.41) is 18.3. The van der Waals surface area contributed by atoms with Crippen molar-refractivity contribution in [2.45, 2.75) is 13.8 Å². The molecule has 28 heavy (non-hydrogen) atoms. The Labute approximate surface area is 161 Å². The van der Waals surface area contributed by atoms with Gasteiger partial charge in [-0.15, -0.1) is 0 Å². The molecular weight excluding hydrogens is 372 g/mol. The lowest BCUT2D eigenvalue weighted by Crippen LogP contribution is -2.49. The minimum Gasteiger partial charge on any atom is -0.478 e. The molecule has 0 aliphatic carbocycles. The number of methoxy groups -OCH3 is 1. The highest BCUT2D eigenvalue weighted by molar-refractivity contribution is 5.97. The fourth-order valence-electron chi connectivity index (χ4n) is 2.41. The number of hydrazine groups is 1. The number of anilines is 1. The lowest BCUT2D eigenvalue weighted by molar-refractivity contribution is -0.134. The van der Waals surface area contributed by atoms with Gasteiger partial charge in [0.15, 0.2) is 0 Å². The molecule has 1 saturated heterocycles. The molecule has 10 nitrogen and oxygen atoms in total. The van der Waals surface area contributed by atoms with Gasteiger partial charge in [-0.3, -0.25) is 4.79 Å². The summed E-state index contributed by atoms with van der Waals surface area (Å²) in [6, 6.07) is 5.71. The van der Waals surface area contributed by atoms with Crippen molar-refractivity contribution in [3.8, 4) is 0 Å². The number of cyclic esters (lactones) is 1. The van der Waals surface area contributed by atoms with Gasteiger partial charge in [-0.25, -0.2) is 24.4 Å². The van der Waals surface area contributed by atoms with Crippen LogP contribution in [-0.2, 0) is 23.9 Å². The highest BCUT2D eigenvalue weighted by atomic mass is 16.6. The largest absolute Gasteiger partial charge is 0.478 e. The van der Waals surface area contributed by atoms with Gasteiger partial charge in [-0.1, -0.05) is 18.2 Å². The van der Waals surface area contributed by atoms with E-state index in [4.69, 9.17) is 19.7 Å². The van der Waals surface area contributed by atoms with Crippen molar-refractivity contribution >= 4 is 29.6 Å². The van der Waals surface area contributed by atoms with Crippen LogP contribution >= 0.6 is 0 Å². The molecule has 1 heterocycles. The van der Waals surface area contributed by atoms with E-state index in [-0.39, 0.29) is 19.1 Å². The zero-order chi connectivity index (χ0) is 21.3. The van der Waals surface area contributed by atoms with Crippen LogP contribution in [-0.4, -0.2) is 66.0 Å². The number of carboxylic acids is 2. The third-order valence-electron chi connectivity index (χ3n) is 3.50. The number of benzene rings is 1. The summed E-state index contributed by atoms with van der Waals surface area (Å²) in [4.78, 5) is 43.2. The third-order valence-corrected chi connectivity index (χ3v) is 3.50. The molecule has 0 saturated carbocycles. The van der Waals surface area contributed by atoms with Gasteiger partial charge in [0, 0.05) is 19.3 Å². The average molecular weight is 394 g/mol. The van der Waals surface area contributed by atoms with Crippen molar-refractivity contribution in [1.82, 2.24) is 5.01 Å². The molecule has 1 aliphatic rings. The Morgan fingerprint density at radius 2 is 1.71 bits per heavy atom. The van der Waals surface area contributed by atoms with Crippen molar-refractivity contribution in [3.05, 3.63) is 41.5 Å². The van der Waals surface area contributed by atoms with Crippen LogP contribution in [0.5, 0.6) is 0 Å². The van der Waals surface area contributed by atoms with Gasteiger partial charge in [0.1, 0.15) is 13.2 Å². The van der Waals surface area contributed by atoms with Gasteiger partial charge in [0.2, 0.25) is 0 Å². The first-order valence-electron chi connectivity index (χ1n) is 8.15. The maximum atomic E-state index is 12.3. The van der Waals surface area contributed by atoms with Gasteiger partial charge < -0.3 is 19.7 Å². The Kier molecular flexibility index (Phi) is 8.63. The number of hydrogen-bond donors (Lipinski definition) is 2. The molecule has 2 N–H and O–H groups in total. The van der Waals surface area contributed by atoms with Crippen LogP contribution in [0.3, 0.4) is 0 Å². The first kappa shape index (κ1) is 22.6. The lowest BCUT2D eigenvalue weighted by atomic mass is 10.1.